The summed E-state index contributed by atoms with van der Waals surface area (Å²) < 4.78 is 39.6. The third-order valence-corrected chi connectivity index (χ3v) is 4.30. The quantitative estimate of drug-likeness (QED) is 0.871. The maximum Gasteiger partial charge on any atom is 0.194 e. The Balaban J connectivity index is 2.28. The molecular weight excluding hydrogens is 285 g/mol. The van der Waals surface area contributed by atoms with Crippen LogP contribution in [0.3, 0.4) is 0 Å². The topological polar surface area (TPSA) is 24.9 Å². The van der Waals surface area contributed by atoms with Gasteiger partial charge >= 0.3 is 0 Å². The molecule has 0 amide bonds. The molecule has 1 N–H and O–H groups in total. The van der Waals surface area contributed by atoms with Gasteiger partial charge in [-0.25, -0.2) is 18.2 Å². The third-order valence-electron chi connectivity index (χ3n) is 3.21. The van der Waals surface area contributed by atoms with E-state index in [1.165, 1.54) is 0 Å². The number of likely N-dealkylation sites (N-methyl/N-ethyl adjacent to an activating group) is 1. The Labute approximate surface area is 119 Å². The summed E-state index contributed by atoms with van der Waals surface area (Å²) in [4.78, 5) is 5.52. The van der Waals surface area contributed by atoms with Gasteiger partial charge in [0.25, 0.3) is 0 Å². The van der Waals surface area contributed by atoms with Gasteiger partial charge in [0.05, 0.1) is 10.7 Å². The number of benzene rings is 1. The molecule has 0 fully saturated rings. The molecule has 1 heterocycles. The lowest BCUT2D eigenvalue weighted by Crippen LogP contribution is -2.19. The number of nitrogens with zero attached hydrogens (tertiary/aromatic N) is 1. The van der Waals surface area contributed by atoms with Gasteiger partial charge in [0, 0.05) is 17.3 Å². The summed E-state index contributed by atoms with van der Waals surface area (Å²) in [7, 11) is 1.69. The van der Waals surface area contributed by atoms with Gasteiger partial charge < -0.3 is 5.32 Å². The molecule has 108 valence electrons. The van der Waals surface area contributed by atoms with Crippen LogP contribution in [0, 0.1) is 31.3 Å². The first kappa shape index (κ1) is 15.0. The molecule has 0 aliphatic heterocycles. The summed E-state index contributed by atoms with van der Waals surface area (Å²) in [6.45, 7) is 3.89. The predicted molar refractivity (Wildman–Crippen MR) is 73.4 cm³/mol. The third kappa shape index (κ3) is 3.02. The number of rotatable bonds is 4. The van der Waals surface area contributed by atoms with Crippen molar-refractivity contribution in [3.63, 3.8) is 0 Å². The lowest BCUT2D eigenvalue weighted by molar-refractivity contribution is 0.441. The second kappa shape index (κ2) is 5.93. The van der Waals surface area contributed by atoms with Crippen LogP contribution < -0.4 is 5.32 Å². The summed E-state index contributed by atoms with van der Waals surface area (Å²) in [5.41, 5.74) is 1.32. The first-order valence-electron chi connectivity index (χ1n) is 6.17. The fourth-order valence-electron chi connectivity index (χ4n) is 1.96. The fraction of sp³-hybridized carbons (Fsp3) is 0.357. The molecule has 0 aliphatic rings. The zero-order valence-electron chi connectivity index (χ0n) is 11.4. The largest absolute Gasteiger partial charge is 0.313 e. The van der Waals surface area contributed by atoms with Gasteiger partial charge in [-0.15, -0.1) is 11.3 Å². The molecule has 1 atom stereocenters. The molecule has 0 spiro atoms. The Bertz CT molecular complexity index is 582. The Morgan fingerprint density at radius 2 is 1.80 bits per heavy atom. The van der Waals surface area contributed by atoms with Gasteiger partial charge in [-0.3, -0.25) is 0 Å². The molecule has 1 aromatic heterocycles. The van der Waals surface area contributed by atoms with E-state index in [-0.39, 0.29) is 6.04 Å². The van der Waals surface area contributed by atoms with E-state index >= 15 is 0 Å². The van der Waals surface area contributed by atoms with E-state index in [2.05, 4.69) is 10.3 Å². The standard InChI is InChI=1S/C14H15F3N2S/c1-7-8(2)20-13(19-7)6-12(18-3)9-4-10(15)14(17)11(16)5-9/h4-5,12,18H,6H2,1-3H3. The smallest absolute Gasteiger partial charge is 0.194 e. The van der Waals surface area contributed by atoms with Crippen molar-refractivity contribution in [2.45, 2.75) is 26.3 Å². The Hall–Kier alpha value is -1.40. The van der Waals surface area contributed by atoms with Gasteiger partial charge in [0.15, 0.2) is 17.5 Å². The van der Waals surface area contributed by atoms with Crippen molar-refractivity contribution in [3.8, 4) is 0 Å². The summed E-state index contributed by atoms with van der Waals surface area (Å²) in [5, 5.41) is 3.86. The maximum absolute atomic E-state index is 13.3. The molecule has 2 aromatic rings. The molecule has 2 rings (SSSR count). The molecular formula is C14H15F3N2S. The van der Waals surface area contributed by atoms with Crippen LogP contribution in [0.15, 0.2) is 12.1 Å². The van der Waals surface area contributed by atoms with Crippen LogP contribution in [-0.4, -0.2) is 12.0 Å². The van der Waals surface area contributed by atoms with Crippen LogP contribution >= 0.6 is 11.3 Å². The average Bonchev–Trinajstić information content (AvgIpc) is 2.71. The van der Waals surface area contributed by atoms with Gasteiger partial charge in [0.1, 0.15) is 0 Å². The highest BCUT2D eigenvalue weighted by atomic mass is 32.1. The zero-order valence-corrected chi connectivity index (χ0v) is 12.2. The Morgan fingerprint density at radius 1 is 1.20 bits per heavy atom. The normalized spacial score (nSPS) is 12.7. The molecule has 1 aromatic carbocycles. The summed E-state index contributed by atoms with van der Waals surface area (Å²) in [6.07, 6.45) is 0.500. The number of aromatic nitrogens is 1. The van der Waals surface area contributed by atoms with E-state index < -0.39 is 17.5 Å². The molecule has 0 bridgehead atoms. The van der Waals surface area contributed by atoms with Crippen LogP contribution in [0.1, 0.15) is 27.2 Å². The van der Waals surface area contributed by atoms with Gasteiger partial charge in [-0.1, -0.05) is 0 Å². The minimum atomic E-state index is -1.44. The van der Waals surface area contributed by atoms with Crippen LogP contribution in [0.4, 0.5) is 13.2 Å². The van der Waals surface area contributed by atoms with Gasteiger partial charge in [-0.2, -0.15) is 0 Å². The molecule has 20 heavy (non-hydrogen) atoms. The zero-order chi connectivity index (χ0) is 14.9. The molecule has 0 radical (unpaired) electrons. The second-order valence-electron chi connectivity index (χ2n) is 4.59. The first-order chi connectivity index (χ1) is 9.42. The average molecular weight is 300 g/mol. The van der Waals surface area contributed by atoms with E-state index in [1.54, 1.807) is 18.4 Å². The maximum atomic E-state index is 13.3. The van der Waals surface area contributed by atoms with E-state index in [9.17, 15) is 13.2 Å². The van der Waals surface area contributed by atoms with Crippen molar-refractivity contribution < 1.29 is 13.2 Å². The van der Waals surface area contributed by atoms with Crippen molar-refractivity contribution in [2.75, 3.05) is 7.05 Å². The van der Waals surface area contributed by atoms with Crippen LogP contribution in [0.5, 0.6) is 0 Å². The van der Waals surface area contributed by atoms with Crippen molar-refractivity contribution in [2.24, 2.45) is 0 Å². The summed E-state index contributed by atoms with van der Waals surface area (Å²) in [6, 6.07) is 1.73. The van der Waals surface area contributed by atoms with Crippen LogP contribution in [-0.2, 0) is 6.42 Å². The SMILES string of the molecule is CNC(Cc1nc(C)c(C)s1)c1cc(F)c(F)c(F)c1. The Kier molecular flexibility index (Phi) is 4.45. The van der Waals surface area contributed by atoms with Gasteiger partial charge in [-0.05, 0) is 38.6 Å². The minimum absolute atomic E-state index is 0.315. The summed E-state index contributed by atoms with van der Waals surface area (Å²) >= 11 is 1.55. The number of hydrogen-bond donors (Lipinski definition) is 1. The molecule has 0 saturated carbocycles. The van der Waals surface area contributed by atoms with Crippen molar-refractivity contribution in [3.05, 3.63) is 50.7 Å². The highest BCUT2D eigenvalue weighted by Gasteiger charge is 2.18. The number of aryl methyl sites for hydroxylation is 2. The lowest BCUT2D eigenvalue weighted by atomic mass is 10.0. The van der Waals surface area contributed by atoms with Crippen LogP contribution in [0.25, 0.3) is 0 Å². The highest BCUT2D eigenvalue weighted by Crippen LogP contribution is 2.25. The van der Waals surface area contributed by atoms with Crippen molar-refractivity contribution in [1.29, 1.82) is 0 Å². The van der Waals surface area contributed by atoms with E-state index in [4.69, 9.17) is 0 Å². The molecule has 6 heteroatoms. The first-order valence-corrected chi connectivity index (χ1v) is 6.98. The van der Waals surface area contributed by atoms with E-state index in [0.717, 1.165) is 27.7 Å². The monoisotopic (exact) mass is 300 g/mol. The molecule has 0 saturated heterocycles. The minimum Gasteiger partial charge on any atom is -0.313 e. The predicted octanol–water partition coefficient (Wildman–Crippen LogP) is 3.68. The molecule has 1 unspecified atom stereocenters. The Morgan fingerprint density at radius 3 is 2.25 bits per heavy atom. The van der Waals surface area contributed by atoms with Gasteiger partial charge in [0.2, 0.25) is 0 Å². The van der Waals surface area contributed by atoms with E-state index in [0.29, 0.717) is 12.0 Å². The molecule has 2 nitrogen and oxygen atoms in total. The number of hydrogen-bond acceptors (Lipinski definition) is 3. The number of thiazole rings is 1. The highest BCUT2D eigenvalue weighted by molar-refractivity contribution is 7.11. The second-order valence-corrected chi connectivity index (χ2v) is 5.88. The van der Waals surface area contributed by atoms with Crippen molar-refractivity contribution in [1.82, 2.24) is 10.3 Å². The number of nitrogens with one attached hydrogen (secondary N) is 1. The molecule has 0 aliphatic carbocycles. The van der Waals surface area contributed by atoms with Crippen molar-refractivity contribution >= 4 is 11.3 Å². The number of halogens is 3. The van der Waals surface area contributed by atoms with E-state index in [1.807, 2.05) is 13.8 Å². The summed E-state index contributed by atoms with van der Waals surface area (Å²) in [5.74, 6) is -3.79. The van der Waals surface area contributed by atoms with Crippen LogP contribution in [0.2, 0.25) is 0 Å². The fourth-order valence-corrected chi connectivity index (χ4v) is 2.94. The lowest BCUT2D eigenvalue weighted by Gasteiger charge is -2.15.